The zero-order valence-electron chi connectivity index (χ0n) is 10.4. The molecule has 1 heterocycles. The Hall–Kier alpha value is -1.72. The molecule has 102 valence electrons. The standard InChI is InChI=1S/C14H9ClF2N2S/c1-7-2-3-8(4-10(7)16)19-13-5-9(15)11(17)6-12(13)18-14(19)20/h2-6H,1H3,(H,18,20). The largest absolute Gasteiger partial charge is 0.330 e. The molecule has 20 heavy (non-hydrogen) atoms. The number of nitrogens with one attached hydrogen (secondary N) is 1. The molecule has 0 unspecified atom stereocenters. The second-order valence-corrected chi connectivity index (χ2v) is 5.28. The lowest BCUT2D eigenvalue weighted by atomic mass is 10.2. The van der Waals surface area contributed by atoms with E-state index in [4.69, 9.17) is 23.8 Å². The number of aromatic nitrogens is 2. The SMILES string of the molecule is Cc1ccc(-n2c(=S)[nH]c3cc(F)c(Cl)cc32)cc1F. The summed E-state index contributed by atoms with van der Waals surface area (Å²) in [4.78, 5) is 2.88. The molecule has 2 nitrogen and oxygen atoms in total. The third kappa shape index (κ3) is 2.03. The number of imidazole rings is 1. The van der Waals surface area contributed by atoms with Crippen LogP contribution in [0.15, 0.2) is 30.3 Å². The van der Waals surface area contributed by atoms with Gasteiger partial charge < -0.3 is 4.98 Å². The highest BCUT2D eigenvalue weighted by atomic mass is 35.5. The average molecular weight is 311 g/mol. The summed E-state index contributed by atoms with van der Waals surface area (Å²) < 4.78 is 29.1. The van der Waals surface area contributed by atoms with E-state index in [2.05, 4.69) is 4.98 Å². The first kappa shape index (κ1) is 13.3. The van der Waals surface area contributed by atoms with Crippen molar-refractivity contribution in [2.45, 2.75) is 6.92 Å². The summed E-state index contributed by atoms with van der Waals surface area (Å²) in [5, 5.41) is -0.00664. The van der Waals surface area contributed by atoms with E-state index >= 15 is 0 Å². The fourth-order valence-electron chi connectivity index (χ4n) is 2.08. The normalized spacial score (nSPS) is 11.2. The lowest BCUT2D eigenvalue weighted by Crippen LogP contribution is -1.96. The van der Waals surface area contributed by atoms with Crippen LogP contribution in [0.1, 0.15) is 5.56 Å². The number of aryl methyl sites for hydroxylation is 1. The van der Waals surface area contributed by atoms with Crippen molar-refractivity contribution >= 4 is 34.9 Å². The van der Waals surface area contributed by atoms with E-state index < -0.39 is 5.82 Å². The fourth-order valence-corrected chi connectivity index (χ4v) is 2.55. The minimum atomic E-state index is -0.530. The predicted molar refractivity (Wildman–Crippen MR) is 78.1 cm³/mol. The van der Waals surface area contributed by atoms with Crippen LogP contribution in [0.3, 0.4) is 0 Å². The van der Waals surface area contributed by atoms with Crippen LogP contribution in [0, 0.1) is 23.3 Å². The highest BCUT2D eigenvalue weighted by Gasteiger charge is 2.11. The van der Waals surface area contributed by atoms with E-state index in [0.717, 1.165) is 0 Å². The number of hydrogen-bond donors (Lipinski definition) is 1. The number of fused-ring (bicyclic) bond motifs is 1. The Morgan fingerprint density at radius 1 is 1.15 bits per heavy atom. The third-order valence-electron chi connectivity index (χ3n) is 3.14. The van der Waals surface area contributed by atoms with Crippen LogP contribution in [-0.4, -0.2) is 9.55 Å². The van der Waals surface area contributed by atoms with E-state index in [0.29, 0.717) is 27.1 Å². The first-order chi connectivity index (χ1) is 9.47. The van der Waals surface area contributed by atoms with Crippen molar-refractivity contribution in [1.29, 1.82) is 0 Å². The van der Waals surface area contributed by atoms with Gasteiger partial charge in [0.1, 0.15) is 11.6 Å². The maximum Gasteiger partial charge on any atom is 0.182 e. The van der Waals surface area contributed by atoms with Crippen molar-refractivity contribution in [3.63, 3.8) is 0 Å². The minimum Gasteiger partial charge on any atom is -0.330 e. The first-order valence-electron chi connectivity index (χ1n) is 5.83. The molecule has 0 amide bonds. The van der Waals surface area contributed by atoms with Gasteiger partial charge in [-0.15, -0.1) is 0 Å². The second-order valence-electron chi connectivity index (χ2n) is 4.48. The van der Waals surface area contributed by atoms with Gasteiger partial charge in [0.2, 0.25) is 0 Å². The Labute approximate surface area is 123 Å². The second kappa shape index (κ2) is 4.68. The lowest BCUT2D eigenvalue weighted by Gasteiger charge is -2.06. The van der Waals surface area contributed by atoms with Crippen LogP contribution >= 0.6 is 23.8 Å². The van der Waals surface area contributed by atoms with Crippen LogP contribution in [0.25, 0.3) is 16.7 Å². The summed E-state index contributed by atoms with van der Waals surface area (Å²) in [5.74, 6) is -0.857. The van der Waals surface area contributed by atoms with Gasteiger partial charge in [0.05, 0.1) is 21.7 Å². The molecule has 0 atom stereocenters. The van der Waals surface area contributed by atoms with E-state index in [1.165, 1.54) is 18.2 Å². The zero-order valence-corrected chi connectivity index (χ0v) is 11.9. The Morgan fingerprint density at radius 2 is 1.90 bits per heavy atom. The quantitative estimate of drug-likeness (QED) is 0.632. The maximum absolute atomic E-state index is 13.7. The summed E-state index contributed by atoms with van der Waals surface area (Å²) in [6.07, 6.45) is 0. The van der Waals surface area contributed by atoms with E-state index in [-0.39, 0.29) is 10.8 Å². The van der Waals surface area contributed by atoms with Gasteiger partial charge in [0, 0.05) is 6.07 Å². The molecule has 2 aromatic carbocycles. The molecule has 1 aromatic heterocycles. The molecule has 0 aliphatic rings. The van der Waals surface area contributed by atoms with Gasteiger partial charge in [-0.3, -0.25) is 4.57 Å². The molecule has 6 heteroatoms. The Balaban J connectivity index is 2.35. The molecular weight excluding hydrogens is 302 g/mol. The van der Waals surface area contributed by atoms with E-state index in [1.807, 2.05) is 0 Å². The van der Waals surface area contributed by atoms with Gasteiger partial charge in [-0.05, 0) is 42.9 Å². The lowest BCUT2D eigenvalue weighted by molar-refractivity contribution is 0.617. The summed E-state index contributed by atoms with van der Waals surface area (Å²) in [7, 11) is 0. The number of halogens is 3. The van der Waals surface area contributed by atoms with Gasteiger partial charge in [-0.1, -0.05) is 17.7 Å². The van der Waals surface area contributed by atoms with Gasteiger partial charge in [-0.25, -0.2) is 8.78 Å². The number of rotatable bonds is 1. The molecule has 0 aliphatic heterocycles. The molecule has 3 rings (SSSR count). The topological polar surface area (TPSA) is 20.7 Å². The molecule has 3 aromatic rings. The summed E-state index contributed by atoms with van der Waals surface area (Å²) in [6, 6.07) is 7.54. The molecule has 1 N–H and O–H groups in total. The van der Waals surface area contributed by atoms with Crippen molar-refractivity contribution in [2.75, 3.05) is 0 Å². The van der Waals surface area contributed by atoms with Gasteiger partial charge in [-0.2, -0.15) is 0 Å². The van der Waals surface area contributed by atoms with Crippen molar-refractivity contribution in [3.8, 4) is 5.69 Å². The van der Waals surface area contributed by atoms with Crippen LogP contribution in [0.4, 0.5) is 8.78 Å². The predicted octanol–water partition coefficient (Wildman–Crippen LogP) is 4.93. The minimum absolute atomic E-state index is 0.00664. The summed E-state index contributed by atoms with van der Waals surface area (Å²) >= 11 is 11.0. The summed E-state index contributed by atoms with van der Waals surface area (Å²) in [5.41, 5.74) is 2.22. The molecule has 0 fully saturated rings. The molecule has 0 bridgehead atoms. The van der Waals surface area contributed by atoms with Gasteiger partial charge in [0.25, 0.3) is 0 Å². The van der Waals surface area contributed by atoms with Crippen LogP contribution in [-0.2, 0) is 0 Å². The molecule has 0 spiro atoms. The monoisotopic (exact) mass is 310 g/mol. The third-order valence-corrected chi connectivity index (χ3v) is 3.71. The van der Waals surface area contributed by atoms with Crippen molar-refractivity contribution in [2.24, 2.45) is 0 Å². The molecule has 0 aliphatic carbocycles. The number of H-pyrrole nitrogens is 1. The molecule has 0 saturated carbocycles. The van der Waals surface area contributed by atoms with Crippen LogP contribution in [0.5, 0.6) is 0 Å². The number of hydrogen-bond acceptors (Lipinski definition) is 1. The Kier molecular flexibility index (Phi) is 3.11. The van der Waals surface area contributed by atoms with Gasteiger partial charge in [0.15, 0.2) is 4.77 Å². The number of benzene rings is 2. The highest BCUT2D eigenvalue weighted by molar-refractivity contribution is 7.71. The van der Waals surface area contributed by atoms with Crippen LogP contribution in [0.2, 0.25) is 5.02 Å². The Bertz CT molecular complexity index is 883. The van der Waals surface area contributed by atoms with Crippen molar-refractivity contribution in [3.05, 3.63) is 57.3 Å². The van der Waals surface area contributed by atoms with Gasteiger partial charge >= 0.3 is 0 Å². The maximum atomic E-state index is 13.7. The smallest absolute Gasteiger partial charge is 0.182 e. The Morgan fingerprint density at radius 3 is 2.60 bits per heavy atom. The first-order valence-corrected chi connectivity index (χ1v) is 6.62. The zero-order chi connectivity index (χ0) is 14.4. The molecule has 0 saturated heterocycles. The fraction of sp³-hybridized carbons (Fsp3) is 0.0714. The van der Waals surface area contributed by atoms with Crippen molar-refractivity contribution < 1.29 is 8.78 Å². The van der Waals surface area contributed by atoms with E-state index in [9.17, 15) is 8.78 Å². The summed E-state index contributed by atoms with van der Waals surface area (Å²) in [6.45, 7) is 1.68. The van der Waals surface area contributed by atoms with Crippen molar-refractivity contribution in [1.82, 2.24) is 9.55 Å². The van der Waals surface area contributed by atoms with Crippen LogP contribution < -0.4 is 0 Å². The number of aromatic amines is 1. The molecular formula is C14H9ClF2N2S. The highest BCUT2D eigenvalue weighted by Crippen LogP contribution is 2.26. The molecule has 0 radical (unpaired) electrons. The van der Waals surface area contributed by atoms with E-state index in [1.54, 1.807) is 23.6 Å². The number of nitrogens with zero attached hydrogens (tertiary/aromatic N) is 1. The average Bonchev–Trinajstić information content (AvgIpc) is 2.69.